The van der Waals surface area contributed by atoms with Crippen LogP contribution in [0.2, 0.25) is 0 Å². The molecule has 0 radical (unpaired) electrons. The van der Waals surface area contributed by atoms with Crippen LogP contribution in [-0.2, 0) is 6.54 Å². The molecule has 1 saturated heterocycles. The summed E-state index contributed by atoms with van der Waals surface area (Å²) in [4.78, 5) is 3.63. The van der Waals surface area contributed by atoms with Crippen molar-refractivity contribution in [1.29, 1.82) is 0 Å². The Hall–Kier alpha value is -0.710. The topological polar surface area (TPSA) is 24.5 Å². The summed E-state index contributed by atoms with van der Waals surface area (Å²) in [5.41, 5.74) is 1.32. The number of hydrogen-bond donors (Lipinski definition) is 1. The van der Waals surface area contributed by atoms with Crippen molar-refractivity contribution in [2.45, 2.75) is 24.3 Å². The summed E-state index contributed by atoms with van der Waals surface area (Å²) < 4.78 is 5.46. The molecule has 112 valence electrons. The Kier molecular flexibility index (Phi) is 6.20. The van der Waals surface area contributed by atoms with Crippen molar-refractivity contribution in [2.24, 2.45) is 5.92 Å². The lowest BCUT2D eigenvalue weighted by Crippen LogP contribution is -2.36. The number of piperidine rings is 1. The van der Waals surface area contributed by atoms with E-state index in [1.54, 1.807) is 18.9 Å². The molecule has 2 rings (SSSR count). The zero-order valence-electron chi connectivity index (χ0n) is 12.8. The highest BCUT2D eigenvalue weighted by Gasteiger charge is 2.15. The molecular weight excluding hydrogens is 268 g/mol. The molecule has 1 aliphatic heterocycles. The minimum absolute atomic E-state index is 0.793. The second-order valence-corrected chi connectivity index (χ2v) is 6.45. The molecule has 1 fully saturated rings. The standard InChI is InChI=1S/C16H26N2OS/c1-18(12-14-5-4-8-17-10-14)11-13-6-7-16(20-3)15(9-13)19-2/h6-7,9,14,17H,4-5,8,10-12H2,1-3H3/t14-/m1/s1. The van der Waals surface area contributed by atoms with Crippen molar-refractivity contribution in [3.63, 3.8) is 0 Å². The first-order valence-corrected chi connectivity index (χ1v) is 8.55. The lowest BCUT2D eigenvalue weighted by Gasteiger charge is -2.27. The Labute approximate surface area is 127 Å². The number of hydrogen-bond acceptors (Lipinski definition) is 4. The summed E-state index contributed by atoms with van der Waals surface area (Å²) >= 11 is 1.73. The van der Waals surface area contributed by atoms with Crippen LogP contribution in [0, 0.1) is 5.92 Å². The number of thioether (sulfide) groups is 1. The molecule has 4 heteroatoms. The van der Waals surface area contributed by atoms with Gasteiger partial charge in [0, 0.05) is 18.0 Å². The van der Waals surface area contributed by atoms with Gasteiger partial charge in [0.05, 0.1) is 7.11 Å². The highest BCUT2D eigenvalue weighted by Crippen LogP contribution is 2.28. The molecule has 0 aromatic heterocycles. The van der Waals surface area contributed by atoms with Crippen molar-refractivity contribution in [3.05, 3.63) is 23.8 Å². The Bertz CT molecular complexity index is 419. The predicted molar refractivity (Wildman–Crippen MR) is 86.7 cm³/mol. The third kappa shape index (κ3) is 4.40. The molecule has 0 saturated carbocycles. The Morgan fingerprint density at radius 1 is 1.45 bits per heavy atom. The monoisotopic (exact) mass is 294 g/mol. The zero-order valence-corrected chi connectivity index (χ0v) is 13.6. The highest BCUT2D eigenvalue weighted by atomic mass is 32.2. The van der Waals surface area contributed by atoms with Crippen LogP contribution in [-0.4, -0.2) is 44.9 Å². The quantitative estimate of drug-likeness (QED) is 0.816. The molecule has 1 aromatic rings. The molecule has 0 aliphatic carbocycles. The number of nitrogens with one attached hydrogen (secondary N) is 1. The first-order valence-electron chi connectivity index (χ1n) is 7.33. The van der Waals surface area contributed by atoms with Gasteiger partial charge in [-0.2, -0.15) is 0 Å². The smallest absolute Gasteiger partial charge is 0.132 e. The van der Waals surface area contributed by atoms with E-state index in [1.807, 2.05) is 0 Å². The number of benzene rings is 1. The molecule has 1 atom stereocenters. The average Bonchev–Trinajstić information content (AvgIpc) is 2.48. The Morgan fingerprint density at radius 2 is 2.30 bits per heavy atom. The first kappa shape index (κ1) is 15.7. The number of rotatable bonds is 6. The lowest BCUT2D eigenvalue weighted by molar-refractivity contribution is 0.237. The largest absolute Gasteiger partial charge is 0.496 e. The second kappa shape index (κ2) is 7.91. The van der Waals surface area contributed by atoms with Gasteiger partial charge in [0.25, 0.3) is 0 Å². The normalized spacial score (nSPS) is 19.3. The molecular formula is C16H26N2OS. The molecule has 0 unspecified atom stereocenters. The van der Waals surface area contributed by atoms with E-state index in [0.29, 0.717) is 0 Å². The van der Waals surface area contributed by atoms with Crippen LogP contribution in [0.4, 0.5) is 0 Å². The van der Waals surface area contributed by atoms with Crippen molar-refractivity contribution >= 4 is 11.8 Å². The van der Waals surface area contributed by atoms with Gasteiger partial charge in [0.2, 0.25) is 0 Å². The third-order valence-electron chi connectivity index (χ3n) is 3.87. The Balaban J connectivity index is 1.91. The lowest BCUT2D eigenvalue weighted by atomic mass is 9.99. The number of ether oxygens (including phenoxy) is 1. The van der Waals surface area contributed by atoms with E-state index in [2.05, 4.69) is 41.7 Å². The maximum Gasteiger partial charge on any atom is 0.132 e. The van der Waals surface area contributed by atoms with Crippen LogP contribution in [0.5, 0.6) is 5.75 Å². The SMILES string of the molecule is COc1cc(CN(C)C[C@@H]2CCCNC2)ccc1SC. The second-order valence-electron chi connectivity index (χ2n) is 5.60. The van der Waals surface area contributed by atoms with E-state index in [0.717, 1.165) is 18.2 Å². The summed E-state index contributed by atoms with van der Waals surface area (Å²) in [5.74, 6) is 1.78. The summed E-state index contributed by atoms with van der Waals surface area (Å²) in [6.07, 6.45) is 4.75. The average molecular weight is 294 g/mol. The third-order valence-corrected chi connectivity index (χ3v) is 4.65. The maximum absolute atomic E-state index is 5.46. The van der Waals surface area contributed by atoms with Gasteiger partial charge in [-0.1, -0.05) is 6.07 Å². The van der Waals surface area contributed by atoms with Crippen molar-refractivity contribution in [1.82, 2.24) is 10.2 Å². The van der Waals surface area contributed by atoms with Crippen LogP contribution in [0.25, 0.3) is 0 Å². The summed E-state index contributed by atoms with van der Waals surface area (Å²) in [6.45, 7) is 4.51. The zero-order chi connectivity index (χ0) is 14.4. The molecule has 1 N–H and O–H groups in total. The van der Waals surface area contributed by atoms with Crippen molar-refractivity contribution in [3.8, 4) is 5.75 Å². The summed E-state index contributed by atoms with van der Waals surface area (Å²) in [5, 5.41) is 3.49. The van der Waals surface area contributed by atoms with E-state index in [-0.39, 0.29) is 0 Å². The predicted octanol–water partition coefficient (Wildman–Crippen LogP) is 2.85. The molecule has 1 aliphatic rings. The van der Waals surface area contributed by atoms with Crippen molar-refractivity contribution < 1.29 is 4.74 Å². The maximum atomic E-state index is 5.46. The van der Waals surface area contributed by atoms with E-state index < -0.39 is 0 Å². The summed E-state index contributed by atoms with van der Waals surface area (Å²) in [6, 6.07) is 6.54. The van der Waals surface area contributed by atoms with Crippen molar-refractivity contribution in [2.75, 3.05) is 40.0 Å². The fraction of sp³-hybridized carbons (Fsp3) is 0.625. The van der Waals surface area contributed by atoms with Gasteiger partial charge < -0.3 is 15.0 Å². The number of nitrogens with zero attached hydrogens (tertiary/aromatic N) is 1. The van der Waals surface area contributed by atoms with E-state index in [9.17, 15) is 0 Å². The molecule has 0 amide bonds. The van der Waals surface area contributed by atoms with Gasteiger partial charge >= 0.3 is 0 Å². The molecule has 1 heterocycles. The van der Waals surface area contributed by atoms with Crippen LogP contribution in [0.1, 0.15) is 18.4 Å². The molecule has 20 heavy (non-hydrogen) atoms. The Morgan fingerprint density at radius 3 is 2.95 bits per heavy atom. The van der Waals surface area contributed by atoms with E-state index in [1.165, 1.54) is 42.9 Å². The molecule has 3 nitrogen and oxygen atoms in total. The minimum Gasteiger partial charge on any atom is -0.496 e. The van der Waals surface area contributed by atoms with Gasteiger partial charge in [-0.25, -0.2) is 0 Å². The van der Waals surface area contributed by atoms with Gasteiger partial charge in [0.15, 0.2) is 0 Å². The highest BCUT2D eigenvalue weighted by molar-refractivity contribution is 7.98. The first-order chi connectivity index (χ1) is 9.72. The van der Waals surface area contributed by atoms with Gasteiger partial charge in [-0.3, -0.25) is 0 Å². The van der Waals surface area contributed by atoms with Gasteiger partial charge in [-0.15, -0.1) is 11.8 Å². The van der Waals surface area contributed by atoms with Gasteiger partial charge in [-0.05, 0) is 62.8 Å². The van der Waals surface area contributed by atoms with Crippen LogP contribution < -0.4 is 10.1 Å². The van der Waals surface area contributed by atoms with E-state index >= 15 is 0 Å². The number of methoxy groups -OCH3 is 1. The summed E-state index contributed by atoms with van der Waals surface area (Å²) in [7, 11) is 3.96. The van der Waals surface area contributed by atoms with Crippen LogP contribution >= 0.6 is 11.8 Å². The van der Waals surface area contributed by atoms with Gasteiger partial charge in [0.1, 0.15) is 5.75 Å². The van der Waals surface area contributed by atoms with Crippen LogP contribution in [0.15, 0.2) is 23.1 Å². The van der Waals surface area contributed by atoms with Crippen LogP contribution in [0.3, 0.4) is 0 Å². The fourth-order valence-electron chi connectivity index (χ4n) is 2.88. The fourth-order valence-corrected chi connectivity index (χ4v) is 3.42. The molecule has 0 spiro atoms. The van der Waals surface area contributed by atoms with E-state index in [4.69, 9.17) is 4.74 Å². The molecule has 0 bridgehead atoms. The minimum atomic E-state index is 0.793. The molecule has 1 aromatic carbocycles.